The van der Waals surface area contributed by atoms with Gasteiger partial charge in [0.15, 0.2) is 5.82 Å². The average molecular weight is 333 g/mol. The maximum atomic E-state index is 4.76. The Bertz CT molecular complexity index is 627. The number of hydrogen-bond acceptors (Lipinski definition) is 4. The summed E-state index contributed by atoms with van der Waals surface area (Å²) in [5.74, 6) is 1.75. The molecule has 2 aromatic heterocycles. The largest absolute Gasteiger partial charge is 0.370 e. The van der Waals surface area contributed by atoms with Gasteiger partial charge in [-0.3, -0.25) is 4.98 Å². The number of pyridine rings is 1. The number of nitrogens with one attached hydrogen (secondary N) is 1. The van der Waals surface area contributed by atoms with Crippen LogP contribution in [0.1, 0.15) is 31.0 Å². The summed E-state index contributed by atoms with van der Waals surface area (Å²) < 4.78 is 0.946. The van der Waals surface area contributed by atoms with Crippen LogP contribution in [0.15, 0.2) is 22.9 Å². The summed E-state index contributed by atoms with van der Waals surface area (Å²) in [6, 6.07) is 2.01. The van der Waals surface area contributed by atoms with Gasteiger partial charge in [-0.15, -0.1) is 0 Å². The number of nitrogens with zero attached hydrogens (tertiary/aromatic N) is 3. The van der Waals surface area contributed by atoms with E-state index < -0.39 is 0 Å². The Hall–Kier alpha value is -1.49. The summed E-state index contributed by atoms with van der Waals surface area (Å²) in [6.45, 7) is 2.97. The molecule has 1 aliphatic rings. The molecule has 0 saturated heterocycles. The quantitative estimate of drug-likeness (QED) is 0.932. The second kappa shape index (κ2) is 5.87. The molecule has 4 nitrogen and oxygen atoms in total. The minimum atomic E-state index is 0.760. The van der Waals surface area contributed by atoms with E-state index in [4.69, 9.17) is 9.97 Å². The zero-order chi connectivity index (χ0) is 13.9. The molecule has 0 spiro atoms. The molecule has 0 amide bonds. The molecular formula is C15H17BrN4. The van der Waals surface area contributed by atoms with E-state index in [1.54, 1.807) is 6.20 Å². The Morgan fingerprint density at radius 3 is 2.85 bits per heavy atom. The number of fused-ring (bicyclic) bond motifs is 1. The number of hydrogen-bond donors (Lipinski definition) is 1. The van der Waals surface area contributed by atoms with Crippen LogP contribution in [0.3, 0.4) is 0 Å². The lowest BCUT2D eigenvalue weighted by molar-refractivity contribution is 0.664. The first-order valence-electron chi connectivity index (χ1n) is 7.02. The molecule has 2 aromatic rings. The minimum absolute atomic E-state index is 0.760. The van der Waals surface area contributed by atoms with Gasteiger partial charge in [-0.2, -0.15) is 0 Å². The van der Waals surface area contributed by atoms with Gasteiger partial charge in [0.2, 0.25) is 0 Å². The Kier molecular flexibility index (Phi) is 3.96. The second-order valence-corrected chi connectivity index (χ2v) is 5.87. The smallest absolute Gasteiger partial charge is 0.163 e. The van der Waals surface area contributed by atoms with Gasteiger partial charge in [0.05, 0.1) is 0 Å². The lowest BCUT2D eigenvalue weighted by Gasteiger charge is -2.19. The van der Waals surface area contributed by atoms with Gasteiger partial charge in [-0.25, -0.2) is 9.97 Å². The van der Waals surface area contributed by atoms with Crippen LogP contribution in [-0.4, -0.2) is 21.5 Å². The first-order valence-corrected chi connectivity index (χ1v) is 7.82. The summed E-state index contributed by atoms with van der Waals surface area (Å²) in [5, 5.41) is 3.38. The van der Waals surface area contributed by atoms with Crippen molar-refractivity contribution in [2.75, 3.05) is 11.9 Å². The third kappa shape index (κ3) is 2.68. The topological polar surface area (TPSA) is 50.7 Å². The Balaban J connectivity index is 2.10. The first kappa shape index (κ1) is 13.5. The van der Waals surface area contributed by atoms with Crippen molar-refractivity contribution in [1.29, 1.82) is 0 Å². The number of rotatable bonds is 3. The summed E-state index contributed by atoms with van der Waals surface area (Å²) in [5.41, 5.74) is 3.44. The molecular weight excluding hydrogens is 316 g/mol. The van der Waals surface area contributed by atoms with Crippen LogP contribution in [0, 0.1) is 0 Å². The molecule has 0 aliphatic heterocycles. The SMILES string of the molecule is CCNc1nc(-c2cncc(Br)c2)nc2c1CCCC2. The van der Waals surface area contributed by atoms with Gasteiger partial charge in [0.25, 0.3) is 0 Å². The molecule has 0 unspecified atom stereocenters. The molecule has 0 bridgehead atoms. The van der Waals surface area contributed by atoms with E-state index in [1.807, 2.05) is 12.3 Å². The molecule has 3 rings (SSSR count). The van der Waals surface area contributed by atoms with Crippen LogP contribution in [0.5, 0.6) is 0 Å². The average Bonchev–Trinajstić information content (AvgIpc) is 2.47. The predicted molar refractivity (Wildman–Crippen MR) is 83.8 cm³/mol. The highest BCUT2D eigenvalue weighted by atomic mass is 79.9. The molecule has 0 radical (unpaired) electrons. The van der Waals surface area contributed by atoms with Crippen molar-refractivity contribution < 1.29 is 0 Å². The number of aromatic nitrogens is 3. The summed E-state index contributed by atoms with van der Waals surface area (Å²) in [6.07, 6.45) is 8.15. The van der Waals surface area contributed by atoms with Crippen molar-refractivity contribution in [1.82, 2.24) is 15.0 Å². The zero-order valence-corrected chi connectivity index (χ0v) is 13.1. The summed E-state index contributed by atoms with van der Waals surface area (Å²) in [7, 11) is 0. The van der Waals surface area contributed by atoms with Crippen LogP contribution in [0.25, 0.3) is 11.4 Å². The van der Waals surface area contributed by atoms with Crippen molar-refractivity contribution >= 4 is 21.7 Å². The number of anilines is 1. The van der Waals surface area contributed by atoms with E-state index in [2.05, 4.69) is 33.2 Å². The van der Waals surface area contributed by atoms with Crippen molar-refractivity contribution in [3.05, 3.63) is 34.2 Å². The lowest BCUT2D eigenvalue weighted by Crippen LogP contribution is -2.13. The van der Waals surface area contributed by atoms with E-state index in [0.717, 1.165) is 41.1 Å². The van der Waals surface area contributed by atoms with Crippen molar-refractivity contribution in [2.45, 2.75) is 32.6 Å². The molecule has 1 N–H and O–H groups in total. The Labute approximate surface area is 127 Å². The van der Waals surface area contributed by atoms with Crippen LogP contribution < -0.4 is 5.32 Å². The maximum Gasteiger partial charge on any atom is 0.163 e. The van der Waals surface area contributed by atoms with Gasteiger partial charge in [-0.1, -0.05) is 0 Å². The van der Waals surface area contributed by atoms with E-state index in [9.17, 15) is 0 Å². The number of halogens is 1. The van der Waals surface area contributed by atoms with E-state index >= 15 is 0 Å². The minimum Gasteiger partial charge on any atom is -0.370 e. The maximum absolute atomic E-state index is 4.76. The predicted octanol–water partition coefficient (Wildman–Crippen LogP) is 3.61. The second-order valence-electron chi connectivity index (χ2n) is 4.95. The number of aryl methyl sites for hydroxylation is 1. The van der Waals surface area contributed by atoms with Crippen LogP contribution in [-0.2, 0) is 12.8 Å². The van der Waals surface area contributed by atoms with Gasteiger partial charge < -0.3 is 5.32 Å². The molecule has 104 valence electrons. The Morgan fingerprint density at radius 2 is 2.05 bits per heavy atom. The third-order valence-electron chi connectivity index (χ3n) is 3.49. The highest BCUT2D eigenvalue weighted by Crippen LogP contribution is 2.28. The molecule has 1 aliphatic carbocycles. The van der Waals surface area contributed by atoms with Crippen molar-refractivity contribution in [3.8, 4) is 11.4 Å². The standard InChI is InChI=1S/C15H17BrN4/c1-2-18-15-12-5-3-4-6-13(12)19-14(20-15)10-7-11(16)9-17-8-10/h7-9H,2-6H2,1H3,(H,18,19,20). The zero-order valence-electron chi connectivity index (χ0n) is 11.5. The van der Waals surface area contributed by atoms with Crippen LogP contribution in [0.2, 0.25) is 0 Å². The van der Waals surface area contributed by atoms with Crippen LogP contribution in [0.4, 0.5) is 5.82 Å². The molecule has 2 heterocycles. The van der Waals surface area contributed by atoms with Crippen LogP contribution >= 0.6 is 15.9 Å². The van der Waals surface area contributed by atoms with Gasteiger partial charge in [-0.05, 0) is 54.6 Å². The van der Waals surface area contributed by atoms with Gasteiger partial charge in [0, 0.05) is 40.2 Å². The highest BCUT2D eigenvalue weighted by Gasteiger charge is 2.18. The van der Waals surface area contributed by atoms with Gasteiger partial charge >= 0.3 is 0 Å². The van der Waals surface area contributed by atoms with E-state index in [0.29, 0.717) is 0 Å². The normalized spacial score (nSPS) is 13.9. The molecule has 0 saturated carbocycles. The van der Waals surface area contributed by atoms with Crippen molar-refractivity contribution in [3.63, 3.8) is 0 Å². The summed E-state index contributed by atoms with van der Waals surface area (Å²) >= 11 is 3.45. The molecule has 0 aromatic carbocycles. The fourth-order valence-electron chi connectivity index (χ4n) is 2.57. The Morgan fingerprint density at radius 1 is 1.20 bits per heavy atom. The fourth-order valence-corrected chi connectivity index (χ4v) is 2.94. The molecule has 0 fully saturated rings. The van der Waals surface area contributed by atoms with Gasteiger partial charge in [0.1, 0.15) is 5.82 Å². The monoisotopic (exact) mass is 332 g/mol. The van der Waals surface area contributed by atoms with Crippen molar-refractivity contribution in [2.24, 2.45) is 0 Å². The van der Waals surface area contributed by atoms with E-state index in [-0.39, 0.29) is 0 Å². The molecule has 20 heavy (non-hydrogen) atoms. The third-order valence-corrected chi connectivity index (χ3v) is 3.92. The summed E-state index contributed by atoms with van der Waals surface area (Å²) in [4.78, 5) is 13.7. The first-order chi connectivity index (χ1) is 9.78. The fraction of sp³-hybridized carbons (Fsp3) is 0.400. The highest BCUT2D eigenvalue weighted by molar-refractivity contribution is 9.10. The lowest BCUT2D eigenvalue weighted by atomic mass is 9.96. The molecule has 5 heteroatoms. The molecule has 0 atom stereocenters. The van der Waals surface area contributed by atoms with E-state index in [1.165, 1.54) is 24.1 Å².